The first-order valence-electron chi connectivity index (χ1n) is 6.92. The fourth-order valence-electron chi connectivity index (χ4n) is 2.66. The average molecular weight is 259 g/mol. The average Bonchev–Trinajstić information content (AvgIpc) is 2.39. The molecule has 1 aromatic carbocycles. The number of nitriles is 1. The Morgan fingerprint density at radius 1 is 1.21 bits per heavy atom. The Balaban J connectivity index is 2.92. The van der Waals surface area contributed by atoms with Crippen LogP contribution in [0.3, 0.4) is 0 Å². The van der Waals surface area contributed by atoms with E-state index >= 15 is 0 Å². The molecule has 0 aliphatic carbocycles. The number of nitrogens with zero attached hydrogens (tertiary/aromatic N) is 3. The summed E-state index contributed by atoms with van der Waals surface area (Å²) in [6, 6.07) is 13.3. The topological polar surface area (TPSA) is 30.3 Å². The lowest BCUT2D eigenvalue weighted by atomic mass is 10.0. The summed E-state index contributed by atoms with van der Waals surface area (Å²) in [7, 11) is 4.18. The van der Waals surface area contributed by atoms with Crippen LogP contribution in [0, 0.1) is 11.3 Å². The summed E-state index contributed by atoms with van der Waals surface area (Å²) in [5.41, 5.74) is 1.23. The molecule has 19 heavy (non-hydrogen) atoms. The van der Waals surface area contributed by atoms with Crippen LogP contribution in [-0.4, -0.2) is 43.0 Å². The first-order chi connectivity index (χ1) is 9.10. The first kappa shape index (κ1) is 15.7. The molecule has 0 aliphatic rings. The van der Waals surface area contributed by atoms with Gasteiger partial charge in [-0.25, -0.2) is 0 Å². The van der Waals surface area contributed by atoms with Crippen LogP contribution in [0.2, 0.25) is 0 Å². The minimum Gasteiger partial charge on any atom is -0.308 e. The molecular weight excluding hydrogens is 234 g/mol. The van der Waals surface area contributed by atoms with E-state index in [9.17, 15) is 0 Å². The molecule has 1 aromatic rings. The molecule has 0 aromatic heterocycles. The molecule has 0 N–H and O–H groups in total. The fourth-order valence-corrected chi connectivity index (χ4v) is 2.66. The zero-order valence-corrected chi connectivity index (χ0v) is 12.5. The number of likely N-dealkylation sites (N-methyl/N-ethyl adjacent to an activating group) is 2. The summed E-state index contributed by atoms with van der Waals surface area (Å²) < 4.78 is 0. The molecule has 3 nitrogen and oxygen atoms in total. The van der Waals surface area contributed by atoms with E-state index in [-0.39, 0.29) is 6.04 Å². The lowest BCUT2D eigenvalue weighted by Gasteiger charge is -2.36. The van der Waals surface area contributed by atoms with Gasteiger partial charge in [0.25, 0.3) is 0 Å². The highest BCUT2D eigenvalue weighted by Crippen LogP contribution is 2.25. The van der Waals surface area contributed by atoms with Gasteiger partial charge in [-0.3, -0.25) is 4.90 Å². The lowest BCUT2D eigenvalue weighted by molar-refractivity contribution is 0.129. The van der Waals surface area contributed by atoms with Gasteiger partial charge in [-0.15, -0.1) is 0 Å². The zero-order chi connectivity index (χ0) is 14.3. The maximum Gasteiger partial charge on any atom is 0.0641 e. The Morgan fingerprint density at radius 2 is 1.84 bits per heavy atom. The minimum absolute atomic E-state index is 0.186. The van der Waals surface area contributed by atoms with Crippen LogP contribution in [0.25, 0.3) is 0 Å². The molecule has 104 valence electrons. The molecule has 2 atom stereocenters. The first-order valence-corrected chi connectivity index (χ1v) is 6.92. The van der Waals surface area contributed by atoms with Gasteiger partial charge < -0.3 is 4.90 Å². The van der Waals surface area contributed by atoms with Crippen LogP contribution in [0.15, 0.2) is 30.3 Å². The highest BCUT2D eigenvalue weighted by Gasteiger charge is 2.23. The van der Waals surface area contributed by atoms with Gasteiger partial charge in [0.05, 0.1) is 12.5 Å². The molecule has 0 radical (unpaired) electrons. The Bertz CT molecular complexity index is 394. The number of hydrogen-bond donors (Lipinski definition) is 0. The summed E-state index contributed by atoms with van der Waals surface area (Å²) in [4.78, 5) is 4.61. The highest BCUT2D eigenvalue weighted by atomic mass is 15.2. The molecule has 0 spiro atoms. The van der Waals surface area contributed by atoms with Crippen molar-refractivity contribution in [2.75, 3.05) is 27.2 Å². The van der Waals surface area contributed by atoms with Crippen LogP contribution in [0.4, 0.5) is 0 Å². The summed E-state index contributed by atoms with van der Waals surface area (Å²) in [5.74, 6) is 0. The molecule has 1 rings (SSSR count). The summed E-state index contributed by atoms with van der Waals surface area (Å²) in [6.07, 6.45) is 0.537. The van der Waals surface area contributed by atoms with E-state index in [1.165, 1.54) is 5.56 Å². The van der Waals surface area contributed by atoms with Gasteiger partial charge in [0, 0.05) is 18.6 Å². The molecule has 0 saturated carbocycles. The Morgan fingerprint density at radius 3 is 2.32 bits per heavy atom. The maximum atomic E-state index is 9.12. The van der Waals surface area contributed by atoms with Gasteiger partial charge in [0.2, 0.25) is 0 Å². The normalized spacial score (nSPS) is 14.4. The van der Waals surface area contributed by atoms with E-state index in [4.69, 9.17) is 5.26 Å². The van der Waals surface area contributed by atoms with Gasteiger partial charge in [-0.2, -0.15) is 5.26 Å². The SMILES string of the molecule is CCN(C(C)CN(C)C)C(CC#N)c1ccccc1. The number of rotatable bonds is 7. The monoisotopic (exact) mass is 259 g/mol. The third-order valence-electron chi connectivity index (χ3n) is 3.43. The van der Waals surface area contributed by atoms with Crippen LogP contribution < -0.4 is 0 Å². The summed E-state index contributed by atoms with van der Waals surface area (Å²) in [6.45, 7) is 6.36. The second-order valence-electron chi connectivity index (χ2n) is 5.23. The Labute approximate surface area is 117 Å². The van der Waals surface area contributed by atoms with Crippen molar-refractivity contribution in [1.82, 2.24) is 9.80 Å². The number of hydrogen-bond acceptors (Lipinski definition) is 3. The standard InChI is InChI=1S/C16H25N3/c1-5-19(14(2)13-18(3)4)16(11-12-17)15-9-7-6-8-10-15/h6-10,14,16H,5,11,13H2,1-4H3. The van der Waals surface area contributed by atoms with Gasteiger partial charge in [-0.1, -0.05) is 37.3 Å². The molecule has 0 saturated heterocycles. The van der Waals surface area contributed by atoms with Crippen LogP contribution in [0.5, 0.6) is 0 Å². The quantitative estimate of drug-likeness (QED) is 0.754. The van der Waals surface area contributed by atoms with Crippen molar-refractivity contribution in [1.29, 1.82) is 5.26 Å². The van der Waals surface area contributed by atoms with Crippen molar-refractivity contribution in [3.05, 3.63) is 35.9 Å². The van der Waals surface area contributed by atoms with Crippen molar-refractivity contribution >= 4 is 0 Å². The smallest absolute Gasteiger partial charge is 0.0641 e. The molecule has 0 amide bonds. The van der Waals surface area contributed by atoms with Crippen LogP contribution in [0.1, 0.15) is 31.9 Å². The van der Waals surface area contributed by atoms with E-state index in [1.54, 1.807) is 0 Å². The van der Waals surface area contributed by atoms with Crippen LogP contribution in [-0.2, 0) is 0 Å². The molecular formula is C16H25N3. The lowest BCUT2D eigenvalue weighted by Crippen LogP contribution is -2.42. The van der Waals surface area contributed by atoms with E-state index in [2.05, 4.69) is 55.9 Å². The highest BCUT2D eigenvalue weighted by molar-refractivity contribution is 5.20. The van der Waals surface area contributed by atoms with Gasteiger partial charge in [0.1, 0.15) is 0 Å². The van der Waals surface area contributed by atoms with Crippen molar-refractivity contribution in [2.45, 2.75) is 32.4 Å². The second-order valence-corrected chi connectivity index (χ2v) is 5.23. The van der Waals surface area contributed by atoms with Crippen molar-refractivity contribution in [2.24, 2.45) is 0 Å². The third-order valence-corrected chi connectivity index (χ3v) is 3.43. The fraction of sp³-hybridized carbons (Fsp3) is 0.562. The molecule has 0 bridgehead atoms. The molecule has 0 fully saturated rings. The molecule has 2 unspecified atom stereocenters. The maximum absolute atomic E-state index is 9.12. The largest absolute Gasteiger partial charge is 0.308 e. The van der Waals surface area contributed by atoms with Crippen molar-refractivity contribution in [3.63, 3.8) is 0 Å². The molecule has 0 aliphatic heterocycles. The summed E-state index contributed by atoms with van der Waals surface area (Å²) >= 11 is 0. The van der Waals surface area contributed by atoms with E-state index in [0.717, 1.165) is 13.1 Å². The summed E-state index contributed by atoms with van der Waals surface area (Å²) in [5, 5.41) is 9.12. The predicted octanol–water partition coefficient (Wildman–Crippen LogP) is 2.91. The molecule has 0 heterocycles. The van der Waals surface area contributed by atoms with Crippen molar-refractivity contribution in [3.8, 4) is 6.07 Å². The van der Waals surface area contributed by atoms with Crippen molar-refractivity contribution < 1.29 is 0 Å². The van der Waals surface area contributed by atoms with E-state index in [1.807, 2.05) is 18.2 Å². The zero-order valence-electron chi connectivity index (χ0n) is 12.5. The van der Waals surface area contributed by atoms with Gasteiger partial charge >= 0.3 is 0 Å². The number of benzene rings is 1. The Hall–Kier alpha value is -1.37. The second kappa shape index (κ2) is 7.93. The van der Waals surface area contributed by atoms with E-state index in [0.29, 0.717) is 12.5 Å². The van der Waals surface area contributed by atoms with Gasteiger partial charge in [-0.05, 0) is 33.1 Å². The van der Waals surface area contributed by atoms with Gasteiger partial charge in [0.15, 0.2) is 0 Å². The Kier molecular flexibility index (Phi) is 6.55. The van der Waals surface area contributed by atoms with Crippen LogP contribution >= 0.6 is 0 Å². The van der Waals surface area contributed by atoms with E-state index < -0.39 is 0 Å². The third kappa shape index (κ3) is 4.66. The molecule has 3 heteroatoms. The predicted molar refractivity (Wildman–Crippen MR) is 79.8 cm³/mol. The minimum atomic E-state index is 0.186.